The Hall–Kier alpha value is -2.33. The second-order valence-corrected chi connectivity index (χ2v) is 5.23. The summed E-state index contributed by atoms with van der Waals surface area (Å²) in [5, 5.41) is 2.91. The quantitative estimate of drug-likeness (QED) is 0.833. The molecule has 0 fully saturated rings. The minimum atomic E-state index is -0.217. The van der Waals surface area contributed by atoms with Gasteiger partial charge in [0, 0.05) is 12.1 Å². The van der Waals surface area contributed by atoms with Gasteiger partial charge in [-0.25, -0.2) is 0 Å². The molecular formula is C18H19NO3. The van der Waals surface area contributed by atoms with Crippen molar-refractivity contribution in [2.24, 2.45) is 0 Å². The lowest BCUT2D eigenvalue weighted by atomic mass is 10.0. The van der Waals surface area contributed by atoms with E-state index in [0.717, 1.165) is 16.9 Å². The number of rotatable bonds is 6. The first-order valence-corrected chi connectivity index (χ1v) is 7.46. The van der Waals surface area contributed by atoms with E-state index in [1.54, 1.807) is 0 Å². The predicted octanol–water partition coefficient (Wildman–Crippen LogP) is 2.50. The number of amides is 1. The number of hydrogen-bond acceptors (Lipinski definition) is 3. The maximum absolute atomic E-state index is 12.2. The van der Waals surface area contributed by atoms with Crippen molar-refractivity contribution in [2.75, 3.05) is 19.8 Å². The van der Waals surface area contributed by atoms with Crippen LogP contribution in [0.1, 0.15) is 17.0 Å². The molecule has 0 unspecified atom stereocenters. The molecule has 0 spiro atoms. The number of benzene rings is 2. The maximum atomic E-state index is 12.2. The molecule has 4 nitrogen and oxygen atoms in total. The third kappa shape index (κ3) is 3.46. The van der Waals surface area contributed by atoms with Gasteiger partial charge in [0.1, 0.15) is 18.3 Å². The van der Waals surface area contributed by atoms with E-state index in [4.69, 9.17) is 9.47 Å². The van der Waals surface area contributed by atoms with Crippen molar-refractivity contribution in [3.63, 3.8) is 0 Å². The molecule has 1 heterocycles. The standard InChI is InChI=1S/C18H19NO3/c20-18(16-13-22-17-9-5-4-8-15(16)17)19-10-11-21-12-14-6-2-1-3-7-14/h1-9,16H,10-13H2,(H,19,20)/t16-/m1/s1. The Kier molecular flexibility index (Phi) is 4.71. The molecule has 4 heteroatoms. The Balaban J connectivity index is 1.40. The lowest BCUT2D eigenvalue weighted by Crippen LogP contribution is -2.32. The van der Waals surface area contributed by atoms with Crippen LogP contribution in [-0.4, -0.2) is 25.7 Å². The molecule has 1 atom stereocenters. The fraction of sp³-hybridized carbons (Fsp3) is 0.278. The summed E-state index contributed by atoms with van der Waals surface area (Å²) in [6.45, 7) is 1.97. The Labute approximate surface area is 130 Å². The highest BCUT2D eigenvalue weighted by molar-refractivity contribution is 5.85. The van der Waals surface area contributed by atoms with Crippen LogP contribution in [0.3, 0.4) is 0 Å². The molecule has 3 rings (SSSR count). The molecule has 0 radical (unpaired) electrons. The van der Waals surface area contributed by atoms with Crippen LogP contribution in [0.2, 0.25) is 0 Å². The number of carbonyl (C=O) groups is 1. The zero-order valence-corrected chi connectivity index (χ0v) is 12.3. The predicted molar refractivity (Wildman–Crippen MR) is 83.8 cm³/mol. The summed E-state index contributed by atoms with van der Waals surface area (Å²) in [6.07, 6.45) is 0. The second kappa shape index (κ2) is 7.09. The lowest BCUT2D eigenvalue weighted by molar-refractivity contribution is -0.123. The van der Waals surface area contributed by atoms with Crippen LogP contribution < -0.4 is 10.1 Å². The van der Waals surface area contributed by atoms with E-state index in [2.05, 4.69) is 5.32 Å². The average molecular weight is 297 g/mol. The van der Waals surface area contributed by atoms with Crippen LogP contribution in [0.25, 0.3) is 0 Å². The highest BCUT2D eigenvalue weighted by atomic mass is 16.5. The Morgan fingerprint density at radius 3 is 2.77 bits per heavy atom. The molecule has 1 N–H and O–H groups in total. The van der Waals surface area contributed by atoms with Crippen LogP contribution in [0.4, 0.5) is 0 Å². The molecule has 0 aromatic heterocycles. The van der Waals surface area contributed by atoms with E-state index in [1.165, 1.54) is 0 Å². The van der Waals surface area contributed by atoms with Crippen molar-refractivity contribution in [2.45, 2.75) is 12.5 Å². The van der Waals surface area contributed by atoms with Crippen molar-refractivity contribution in [3.05, 3.63) is 65.7 Å². The van der Waals surface area contributed by atoms with Crippen molar-refractivity contribution in [1.29, 1.82) is 0 Å². The average Bonchev–Trinajstić information content (AvgIpc) is 2.99. The summed E-state index contributed by atoms with van der Waals surface area (Å²) < 4.78 is 11.1. The number of ether oxygens (including phenoxy) is 2. The molecule has 0 aliphatic carbocycles. The molecule has 114 valence electrons. The minimum Gasteiger partial charge on any atom is -0.492 e. The van der Waals surface area contributed by atoms with E-state index in [1.807, 2.05) is 54.6 Å². The van der Waals surface area contributed by atoms with E-state index in [9.17, 15) is 4.79 Å². The van der Waals surface area contributed by atoms with Crippen LogP contribution in [0, 0.1) is 0 Å². The zero-order chi connectivity index (χ0) is 15.2. The summed E-state index contributed by atoms with van der Waals surface area (Å²) in [7, 11) is 0. The highest BCUT2D eigenvalue weighted by Gasteiger charge is 2.29. The number of para-hydroxylation sites is 1. The van der Waals surface area contributed by atoms with E-state index in [-0.39, 0.29) is 11.8 Å². The van der Waals surface area contributed by atoms with Gasteiger partial charge in [-0.05, 0) is 11.6 Å². The normalized spacial score (nSPS) is 15.9. The third-order valence-corrected chi connectivity index (χ3v) is 3.67. The monoisotopic (exact) mass is 297 g/mol. The van der Waals surface area contributed by atoms with Crippen LogP contribution in [0.5, 0.6) is 5.75 Å². The molecular weight excluding hydrogens is 278 g/mol. The summed E-state index contributed by atoms with van der Waals surface area (Å²) in [6, 6.07) is 17.7. The van der Waals surface area contributed by atoms with E-state index >= 15 is 0 Å². The molecule has 1 amide bonds. The van der Waals surface area contributed by atoms with Crippen molar-refractivity contribution >= 4 is 5.91 Å². The van der Waals surface area contributed by atoms with Gasteiger partial charge < -0.3 is 14.8 Å². The molecule has 22 heavy (non-hydrogen) atoms. The van der Waals surface area contributed by atoms with E-state index in [0.29, 0.717) is 26.4 Å². The van der Waals surface area contributed by atoms with Gasteiger partial charge in [-0.15, -0.1) is 0 Å². The molecule has 0 saturated heterocycles. The molecule has 0 bridgehead atoms. The molecule has 0 saturated carbocycles. The fourth-order valence-corrected chi connectivity index (χ4v) is 2.51. The second-order valence-electron chi connectivity index (χ2n) is 5.23. The summed E-state index contributed by atoms with van der Waals surface area (Å²) in [4.78, 5) is 12.2. The van der Waals surface area contributed by atoms with Crippen molar-refractivity contribution in [1.82, 2.24) is 5.32 Å². The molecule has 2 aromatic carbocycles. The van der Waals surface area contributed by atoms with Gasteiger partial charge in [0.25, 0.3) is 0 Å². The summed E-state index contributed by atoms with van der Waals surface area (Å²) >= 11 is 0. The summed E-state index contributed by atoms with van der Waals surface area (Å²) in [5.74, 6) is 0.585. The molecule has 1 aliphatic rings. The summed E-state index contributed by atoms with van der Waals surface area (Å²) in [5.41, 5.74) is 2.09. The zero-order valence-electron chi connectivity index (χ0n) is 12.3. The first-order valence-electron chi connectivity index (χ1n) is 7.46. The fourth-order valence-electron chi connectivity index (χ4n) is 2.51. The van der Waals surface area contributed by atoms with Gasteiger partial charge in [0.15, 0.2) is 0 Å². The van der Waals surface area contributed by atoms with Gasteiger partial charge in [-0.1, -0.05) is 48.5 Å². The highest BCUT2D eigenvalue weighted by Crippen LogP contribution is 2.33. The lowest BCUT2D eigenvalue weighted by Gasteiger charge is -2.10. The number of carbonyl (C=O) groups excluding carboxylic acids is 1. The Morgan fingerprint density at radius 1 is 1.14 bits per heavy atom. The Morgan fingerprint density at radius 2 is 1.91 bits per heavy atom. The third-order valence-electron chi connectivity index (χ3n) is 3.67. The van der Waals surface area contributed by atoms with E-state index < -0.39 is 0 Å². The van der Waals surface area contributed by atoms with Gasteiger partial charge in [0.2, 0.25) is 5.91 Å². The minimum absolute atomic E-state index is 0.00624. The number of nitrogens with one attached hydrogen (secondary N) is 1. The molecule has 2 aromatic rings. The van der Waals surface area contributed by atoms with Gasteiger partial charge >= 0.3 is 0 Å². The largest absolute Gasteiger partial charge is 0.492 e. The SMILES string of the molecule is O=C(NCCOCc1ccccc1)[C@@H]1COc2ccccc21. The first-order chi connectivity index (χ1) is 10.8. The topological polar surface area (TPSA) is 47.6 Å². The van der Waals surface area contributed by atoms with Crippen LogP contribution >= 0.6 is 0 Å². The first kappa shape index (κ1) is 14.6. The number of fused-ring (bicyclic) bond motifs is 1. The van der Waals surface area contributed by atoms with Gasteiger partial charge in [0.05, 0.1) is 13.2 Å². The van der Waals surface area contributed by atoms with Crippen LogP contribution in [-0.2, 0) is 16.1 Å². The van der Waals surface area contributed by atoms with Crippen molar-refractivity contribution < 1.29 is 14.3 Å². The van der Waals surface area contributed by atoms with Gasteiger partial charge in [-0.3, -0.25) is 4.79 Å². The smallest absolute Gasteiger partial charge is 0.231 e. The van der Waals surface area contributed by atoms with Gasteiger partial charge in [-0.2, -0.15) is 0 Å². The molecule has 1 aliphatic heterocycles. The van der Waals surface area contributed by atoms with Crippen LogP contribution in [0.15, 0.2) is 54.6 Å². The Bertz CT molecular complexity index is 627. The number of hydrogen-bond donors (Lipinski definition) is 1. The van der Waals surface area contributed by atoms with Crippen molar-refractivity contribution in [3.8, 4) is 5.75 Å². The maximum Gasteiger partial charge on any atom is 0.231 e.